The standard InChI is InChI=1S/C24H33N7O5S/c1-24(2,3)36-23(33)26-10-14-12-31-21(35-13-14)19(11-27-31)37(25,34)30-22(32)29-20-15-6-4-8-17(15)28-18-9-5-7-16(18)20/h11,14H,4-10,12-13H2,1-3H3,(H,26,33)(H3,25,28,29,30,32,34). The van der Waals surface area contributed by atoms with Crippen molar-refractivity contribution in [2.75, 3.05) is 18.5 Å². The maximum Gasteiger partial charge on any atom is 0.407 e. The Morgan fingerprint density at radius 2 is 1.89 bits per heavy atom. The first kappa shape index (κ1) is 25.5. The molecular formula is C24H33N7O5S. The van der Waals surface area contributed by atoms with Crippen LogP contribution in [0.3, 0.4) is 0 Å². The van der Waals surface area contributed by atoms with Gasteiger partial charge in [-0.05, 0) is 70.4 Å². The second-order valence-corrected chi connectivity index (χ2v) is 12.5. The number of hydrogen-bond donors (Lipinski definition) is 3. The number of ether oxygens (including phenoxy) is 2. The van der Waals surface area contributed by atoms with E-state index in [9.17, 15) is 13.8 Å². The molecule has 0 saturated heterocycles. The van der Waals surface area contributed by atoms with E-state index in [-0.39, 0.29) is 23.3 Å². The molecule has 1 aliphatic heterocycles. The minimum Gasteiger partial charge on any atom is -0.476 e. The van der Waals surface area contributed by atoms with Gasteiger partial charge in [-0.2, -0.15) is 5.10 Å². The number of aryl methyl sites for hydroxylation is 2. The summed E-state index contributed by atoms with van der Waals surface area (Å²) < 4.78 is 29.8. The van der Waals surface area contributed by atoms with Gasteiger partial charge in [0.05, 0.1) is 25.0 Å². The highest BCUT2D eigenvalue weighted by molar-refractivity contribution is 7.91. The van der Waals surface area contributed by atoms with Crippen molar-refractivity contribution >= 4 is 27.7 Å². The number of pyridine rings is 1. The third-order valence-electron chi connectivity index (χ3n) is 6.60. The molecule has 200 valence electrons. The summed E-state index contributed by atoms with van der Waals surface area (Å²) in [4.78, 5) is 29.7. The van der Waals surface area contributed by atoms with E-state index in [4.69, 9.17) is 19.6 Å². The van der Waals surface area contributed by atoms with Gasteiger partial charge in [-0.25, -0.2) is 23.6 Å². The van der Waals surface area contributed by atoms with E-state index in [1.165, 1.54) is 10.9 Å². The lowest BCUT2D eigenvalue weighted by atomic mass is 10.1. The van der Waals surface area contributed by atoms with E-state index in [0.29, 0.717) is 13.1 Å². The van der Waals surface area contributed by atoms with Crippen LogP contribution in [0, 0.1) is 5.92 Å². The van der Waals surface area contributed by atoms with Gasteiger partial charge in [0.2, 0.25) is 5.88 Å². The third-order valence-corrected chi connectivity index (χ3v) is 7.94. The van der Waals surface area contributed by atoms with Gasteiger partial charge in [0.1, 0.15) is 10.5 Å². The number of nitrogens with two attached hydrogens (primary N) is 1. The summed E-state index contributed by atoms with van der Waals surface area (Å²) in [5.41, 5.74) is 4.31. The molecule has 3 amide bonds. The highest BCUT2D eigenvalue weighted by atomic mass is 32.2. The normalized spacial score (nSPS) is 19.6. The van der Waals surface area contributed by atoms with Gasteiger partial charge in [0, 0.05) is 23.9 Å². The summed E-state index contributed by atoms with van der Waals surface area (Å²) in [6.07, 6.45) is 6.27. The molecule has 2 atom stereocenters. The predicted molar refractivity (Wildman–Crippen MR) is 136 cm³/mol. The molecular weight excluding hydrogens is 498 g/mol. The topological polar surface area (TPSA) is 163 Å². The summed E-state index contributed by atoms with van der Waals surface area (Å²) in [6.45, 7) is 6.33. The Morgan fingerprint density at radius 3 is 2.54 bits per heavy atom. The minimum atomic E-state index is -3.62. The summed E-state index contributed by atoms with van der Waals surface area (Å²) in [6, 6.07) is -0.767. The molecule has 37 heavy (non-hydrogen) atoms. The highest BCUT2D eigenvalue weighted by Crippen LogP contribution is 2.37. The van der Waals surface area contributed by atoms with Crippen LogP contribution in [0.2, 0.25) is 0 Å². The van der Waals surface area contributed by atoms with E-state index in [1.807, 2.05) is 0 Å². The molecule has 2 aromatic heterocycles. The molecule has 2 aromatic rings. The number of anilines is 1. The first-order valence-electron chi connectivity index (χ1n) is 12.5. The van der Waals surface area contributed by atoms with Crippen LogP contribution in [0.25, 0.3) is 0 Å². The maximum atomic E-state index is 13.3. The molecule has 2 aliphatic carbocycles. The maximum absolute atomic E-state index is 13.3. The number of nitrogens with zero attached hydrogens (tertiary/aromatic N) is 4. The predicted octanol–water partition coefficient (Wildman–Crippen LogP) is 2.72. The molecule has 2 unspecified atom stereocenters. The average molecular weight is 532 g/mol. The zero-order chi connectivity index (χ0) is 26.4. The van der Waals surface area contributed by atoms with Gasteiger partial charge in [-0.15, -0.1) is 4.36 Å². The summed E-state index contributed by atoms with van der Waals surface area (Å²) >= 11 is 0. The van der Waals surface area contributed by atoms with E-state index in [1.54, 1.807) is 20.8 Å². The van der Waals surface area contributed by atoms with Gasteiger partial charge >= 0.3 is 12.1 Å². The van der Waals surface area contributed by atoms with E-state index >= 15 is 0 Å². The Hall–Kier alpha value is -3.19. The Kier molecular flexibility index (Phi) is 6.61. The van der Waals surface area contributed by atoms with Gasteiger partial charge in [0.15, 0.2) is 9.92 Å². The number of amides is 3. The second kappa shape index (κ2) is 9.60. The van der Waals surface area contributed by atoms with Crippen molar-refractivity contribution in [2.45, 2.75) is 76.3 Å². The van der Waals surface area contributed by atoms with Crippen molar-refractivity contribution < 1.29 is 23.3 Å². The lowest BCUT2D eigenvalue weighted by Gasteiger charge is -2.26. The van der Waals surface area contributed by atoms with Gasteiger partial charge in [-0.1, -0.05) is 0 Å². The van der Waals surface area contributed by atoms with Crippen LogP contribution in [-0.2, 0) is 46.9 Å². The second-order valence-electron chi connectivity index (χ2n) is 10.7. The number of urea groups is 1. The van der Waals surface area contributed by atoms with Crippen molar-refractivity contribution in [1.29, 1.82) is 0 Å². The largest absolute Gasteiger partial charge is 0.476 e. The van der Waals surface area contributed by atoms with Crippen molar-refractivity contribution in [1.82, 2.24) is 20.1 Å². The number of hydrogen-bond acceptors (Lipinski definition) is 7. The molecule has 3 heterocycles. The number of carbonyl (C=O) groups excluding carboxylic acids is 2. The van der Waals surface area contributed by atoms with E-state index in [2.05, 4.69) is 20.1 Å². The Morgan fingerprint density at radius 1 is 1.22 bits per heavy atom. The summed E-state index contributed by atoms with van der Waals surface area (Å²) in [5.74, 6) is 0.126. The molecule has 0 spiro atoms. The first-order valence-corrected chi connectivity index (χ1v) is 14.1. The van der Waals surface area contributed by atoms with Gasteiger partial charge in [-0.3, -0.25) is 4.98 Å². The number of aromatic nitrogens is 3. The number of fused-ring (bicyclic) bond motifs is 3. The van der Waals surface area contributed by atoms with Crippen LogP contribution in [0.1, 0.15) is 56.1 Å². The molecule has 0 saturated carbocycles. The van der Waals surface area contributed by atoms with Crippen LogP contribution >= 0.6 is 0 Å². The number of rotatable bonds is 4. The first-order chi connectivity index (χ1) is 17.5. The van der Waals surface area contributed by atoms with E-state index in [0.717, 1.165) is 66.7 Å². The number of alkyl carbamates (subject to hydrolysis) is 1. The summed E-state index contributed by atoms with van der Waals surface area (Å²) in [7, 11) is -3.62. The molecule has 13 heteroatoms. The summed E-state index contributed by atoms with van der Waals surface area (Å²) in [5, 5.41) is 15.9. The lowest BCUT2D eigenvalue weighted by Crippen LogP contribution is -2.39. The van der Waals surface area contributed by atoms with Crippen LogP contribution in [0.15, 0.2) is 15.5 Å². The fourth-order valence-electron chi connectivity index (χ4n) is 5.03. The van der Waals surface area contributed by atoms with Gasteiger partial charge < -0.3 is 20.1 Å². The van der Waals surface area contributed by atoms with Gasteiger partial charge in [0.25, 0.3) is 0 Å². The Bertz CT molecular complexity index is 1340. The zero-order valence-corrected chi connectivity index (χ0v) is 22.2. The third kappa shape index (κ3) is 5.42. The van der Waals surface area contributed by atoms with Crippen molar-refractivity contribution in [2.24, 2.45) is 15.4 Å². The zero-order valence-electron chi connectivity index (χ0n) is 21.3. The fourth-order valence-corrected chi connectivity index (χ4v) is 6.03. The average Bonchev–Trinajstić information content (AvgIpc) is 3.54. The van der Waals surface area contributed by atoms with Crippen molar-refractivity contribution in [3.63, 3.8) is 0 Å². The quantitative estimate of drug-likeness (QED) is 0.546. The van der Waals surface area contributed by atoms with Crippen LogP contribution in [0.5, 0.6) is 5.88 Å². The smallest absolute Gasteiger partial charge is 0.407 e. The SMILES string of the molecule is CC(C)(C)OC(=O)NCC1COc2c(S(N)(=O)=NC(=O)Nc3c4c(nc5c3CCC5)CCC4)cnn2C1. The Labute approximate surface area is 216 Å². The molecule has 5 rings (SSSR count). The monoisotopic (exact) mass is 531 g/mol. The molecule has 0 bridgehead atoms. The molecule has 0 radical (unpaired) electrons. The molecule has 0 aromatic carbocycles. The molecule has 4 N–H and O–H groups in total. The lowest BCUT2D eigenvalue weighted by molar-refractivity contribution is 0.0502. The van der Waals surface area contributed by atoms with Crippen molar-refractivity contribution in [3.8, 4) is 5.88 Å². The van der Waals surface area contributed by atoms with Crippen LogP contribution in [-0.4, -0.2) is 49.9 Å². The Balaban J connectivity index is 1.29. The highest BCUT2D eigenvalue weighted by Gasteiger charge is 2.30. The molecule has 12 nitrogen and oxygen atoms in total. The number of nitrogens with one attached hydrogen (secondary N) is 2. The van der Waals surface area contributed by atoms with E-state index < -0.39 is 27.6 Å². The molecule has 3 aliphatic rings. The van der Waals surface area contributed by atoms with Crippen molar-refractivity contribution in [3.05, 3.63) is 28.7 Å². The fraction of sp³-hybridized carbons (Fsp3) is 0.583. The van der Waals surface area contributed by atoms with Crippen LogP contribution < -0.4 is 20.5 Å². The van der Waals surface area contributed by atoms with Crippen LogP contribution in [0.4, 0.5) is 15.3 Å². The number of carbonyl (C=O) groups is 2. The minimum absolute atomic E-state index is 0.0615. The molecule has 0 fully saturated rings.